The SMILES string of the molecule is CC(C)(C)C(=O)NCC(=O)N1CC(O)CC1C(=O)O. The number of aliphatic hydroxyl groups is 1. The van der Waals surface area contributed by atoms with Crippen molar-refractivity contribution < 1.29 is 24.6 Å². The lowest BCUT2D eigenvalue weighted by atomic mass is 9.96. The third kappa shape index (κ3) is 3.92. The van der Waals surface area contributed by atoms with E-state index in [2.05, 4.69) is 5.32 Å². The average Bonchev–Trinajstić information content (AvgIpc) is 2.66. The van der Waals surface area contributed by atoms with Gasteiger partial charge in [-0.3, -0.25) is 9.59 Å². The lowest BCUT2D eigenvalue weighted by molar-refractivity contribution is -0.148. The molecule has 1 rings (SSSR count). The van der Waals surface area contributed by atoms with Crippen LogP contribution >= 0.6 is 0 Å². The molecule has 1 aliphatic heterocycles. The highest BCUT2D eigenvalue weighted by molar-refractivity contribution is 5.89. The summed E-state index contributed by atoms with van der Waals surface area (Å²) in [5.74, 6) is -1.93. The second-order valence-electron chi connectivity index (χ2n) is 5.72. The molecule has 0 spiro atoms. The summed E-state index contributed by atoms with van der Waals surface area (Å²) < 4.78 is 0. The molecule has 19 heavy (non-hydrogen) atoms. The molecule has 0 bridgehead atoms. The minimum atomic E-state index is -1.15. The monoisotopic (exact) mass is 272 g/mol. The summed E-state index contributed by atoms with van der Waals surface area (Å²) in [6, 6.07) is -1.02. The number of amides is 2. The maximum atomic E-state index is 11.9. The van der Waals surface area contributed by atoms with Crippen molar-refractivity contribution in [2.75, 3.05) is 13.1 Å². The minimum absolute atomic E-state index is 0.0127. The van der Waals surface area contributed by atoms with Crippen molar-refractivity contribution in [1.29, 1.82) is 0 Å². The standard InChI is InChI=1S/C12H20N2O5/c1-12(2,3)11(19)13-5-9(16)14-6-7(15)4-8(14)10(17)18/h7-8,15H,4-6H2,1-3H3,(H,13,19)(H,17,18). The van der Waals surface area contributed by atoms with Crippen molar-refractivity contribution in [3.8, 4) is 0 Å². The number of aliphatic carboxylic acids is 1. The Balaban J connectivity index is 2.58. The van der Waals surface area contributed by atoms with Crippen LogP contribution in [0.4, 0.5) is 0 Å². The Hall–Kier alpha value is -1.63. The van der Waals surface area contributed by atoms with Gasteiger partial charge in [-0.2, -0.15) is 0 Å². The average molecular weight is 272 g/mol. The molecule has 0 aliphatic carbocycles. The van der Waals surface area contributed by atoms with Crippen LogP contribution in [0.15, 0.2) is 0 Å². The van der Waals surface area contributed by atoms with Crippen LogP contribution in [0.25, 0.3) is 0 Å². The zero-order valence-corrected chi connectivity index (χ0v) is 11.3. The van der Waals surface area contributed by atoms with Crippen LogP contribution in [0.2, 0.25) is 0 Å². The number of carboxylic acid groups (broad SMARTS) is 1. The van der Waals surface area contributed by atoms with Gasteiger partial charge in [0.1, 0.15) is 6.04 Å². The molecule has 7 heteroatoms. The molecular formula is C12H20N2O5. The summed E-state index contributed by atoms with van der Waals surface area (Å²) in [5, 5.41) is 20.9. The normalized spacial score (nSPS) is 23.3. The maximum Gasteiger partial charge on any atom is 0.326 e. The molecule has 7 nitrogen and oxygen atoms in total. The van der Waals surface area contributed by atoms with E-state index in [1.54, 1.807) is 20.8 Å². The summed E-state index contributed by atoms with van der Waals surface area (Å²) >= 11 is 0. The third-order valence-electron chi connectivity index (χ3n) is 2.97. The predicted molar refractivity (Wildman–Crippen MR) is 66.2 cm³/mol. The summed E-state index contributed by atoms with van der Waals surface area (Å²) in [7, 11) is 0. The third-order valence-corrected chi connectivity index (χ3v) is 2.97. The van der Waals surface area contributed by atoms with Crippen LogP contribution in [-0.2, 0) is 14.4 Å². The first kappa shape index (κ1) is 15.4. The van der Waals surface area contributed by atoms with Gasteiger partial charge in [0.25, 0.3) is 0 Å². The number of nitrogens with zero attached hydrogens (tertiary/aromatic N) is 1. The van der Waals surface area contributed by atoms with Crippen molar-refractivity contribution in [2.24, 2.45) is 5.41 Å². The number of carbonyl (C=O) groups excluding carboxylic acids is 2. The highest BCUT2D eigenvalue weighted by Gasteiger charge is 2.38. The van der Waals surface area contributed by atoms with Crippen molar-refractivity contribution in [3.05, 3.63) is 0 Å². The summed E-state index contributed by atoms with van der Waals surface area (Å²) in [4.78, 5) is 35.6. The number of hydrogen-bond acceptors (Lipinski definition) is 4. The fraction of sp³-hybridized carbons (Fsp3) is 0.750. The fourth-order valence-corrected chi connectivity index (χ4v) is 1.85. The van der Waals surface area contributed by atoms with Gasteiger partial charge in [0.15, 0.2) is 0 Å². The topological polar surface area (TPSA) is 107 Å². The Kier molecular flexibility index (Phi) is 4.52. The Morgan fingerprint density at radius 2 is 1.89 bits per heavy atom. The fourth-order valence-electron chi connectivity index (χ4n) is 1.85. The lowest BCUT2D eigenvalue weighted by Gasteiger charge is -2.23. The Labute approximate surface area is 111 Å². The number of likely N-dealkylation sites (tertiary alicyclic amines) is 1. The van der Waals surface area contributed by atoms with Crippen molar-refractivity contribution >= 4 is 17.8 Å². The second kappa shape index (κ2) is 5.56. The molecule has 1 saturated heterocycles. The largest absolute Gasteiger partial charge is 0.480 e. The summed E-state index contributed by atoms with van der Waals surface area (Å²) in [5.41, 5.74) is -0.614. The van der Waals surface area contributed by atoms with Gasteiger partial charge in [0, 0.05) is 18.4 Å². The molecule has 108 valence electrons. The van der Waals surface area contributed by atoms with Crippen LogP contribution in [0, 0.1) is 5.41 Å². The van der Waals surface area contributed by atoms with Gasteiger partial charge in [-0.05, 0) is 0 Å². The molecule has 1 heterocycles. The minimum Gasteiger partial charge on any atom is -0.480 e. The zero-order chi connectivity index (χ0) is 14.8. The van der Waals surface area contributed by atoms with Crippen LogP contribution in [0.1, 0.15) is 27.2 Å². The van der Waals surface area contributed by atoms with E-state index in [0.29, 0.717) is 0 Å². The van der Waals surface area contributed by atoms with Crippen molar-refractivity contribution in [1.82, 2.24) is 10.2 Å². The number of carbonyl (C=O) groups is 3. The highest BCUT2D eigenvalue weighted by atomic mass is 16.4. The first-order chi connectivity index (χ1) is 8.62. The highest BCUT2D eigenvalue weighted by Crippen LogP contribution is 2.18. The van der Waals surface area contributed by atoms with E-state index in [4.69, 9.17) is 5.11 Å². The summed E-state index contributed by atoms with van der Waals surface area (Å²) in [6.07, 6.45) is -0.808. The van der Waals surface area contributed by atoms with E-state index in [1.807, 2.05) is 0 Å². The molecule has 2 unspecified atom stereocenters. The number of β-amino-alcohol motifs (C(OH)–C–C–N with tert-alkyl or cyclic N) is 1. The number of aliphatic hydroxyl groups excluding tert-OH is 1. The van der Waals surface area contributed by atoms with Crippen molar-refractivity contribution in [2.45, 2.75) is 39.3 Å². The summed E-state index contributed by atoms with van der Waals surface area (Å²) in [6.45, 7) is 4.87. The molecule has 0 radical (unpaired) electrons. The van der Waals surface area contributed by atoms with Gasteiger partial charge in [-0.15, -0.1) is 0 Å². The maximum absolute atomic E-state index is 11.9. The Morgan fingerprint density at radius 1 is 1.32 bits per heavy atom. The van der Waals surface area contributed by atoms with E-state index >= 15 is 0 Å². The number of carboxylic acids is 1. The molecule has 2 atom stereocenters. The van der Waals surface area contributed by atoms with E-state index in [0.717, 1.165) is 4.90 Å². The predicted octanol–water partition coefficient (Wildman–Crippen LogP) is -0.805. The zero-order valence-electron chi connectivity index (χ0n) is 11.3. The van der Waals surface area contributed by atoms with Crippen LogP contribution in [-0.4, -0.2) is 58.1 Å². The first-order valence-electron chi connectivity index (χ1n) is 6.11. The number of hydrogen-bond donors (Lipinski definition) is 3. The Bertz CT molecular complexity index is 388. The molecule has 1 aliphatic rings. The smallest absolute Gasteiger partial charge is 0.326 e. The van der Waals surface area contributed by atoms with Gasteiger partial charge in [-0.1, -0.05) is 20.8 Å². The van der Waals surface area contributed by atoms with E-state index in [1.165, 1.54) is 0 Å². The number of nitrogens with one attached hydrogen (secondary N) is 1. The van der Waals surface area contributed by atoms with Crippen LogP contribution in [0.5, 0.6) is 0 Å². The molecule has 0 aromatic heterocycles. The van der Waals surface area contributed by atoms with Gasteiger partial charge >= 0.3 is 5.97 Å². The van der Waals surface area contributed by atoms with E-state index in [-0.39, 0.29) is 25.4 Å². The molecule has 3 N–H and O–H groups in total. The first-order valence-corrected chi connectivity index (χ1v) is 6.11. The molecule has 0 aromatic carbocycles. The van der Waals surface area contributed by atoms with Crippen molar-refractivity contribution in [3.63, 3.8) is 0 Å². The molecule has 2 amide bonds. The molecule has 0 aromatic rings. The molecular weight excluding hydrogens is 252 g/mol. The van der Waals surface area contributed by atoms with E-state index < -0.39 is 29.4 Å². The van der Waals surface area contributed by atoms with E-state index in [9.17, 15) is 19.5 Å². The quantitative estimate of drug-likeness (QED) is 0.623. The molecule has 0 saturated carbocycles. The van der Waals surface area contributed by atoms with Gasteiger partial charge in [0.05, 0.1) is 12.6 Å². The van der Waals surface area contributed by atoms with Gasteiger partial charge in [0.2, 0.25) is 11.8 Å². The Morgan fingerprint density at radius 3 is 2.37 bits per heavy atom. The van der Waals surface area contributed by atoms with Gasteiger partial charge in [-0.25, -0.2) is 4.79 Å². The lowest BCUT2D eigenvalue weighted by Crippen LogP contribution is -2.47. The second-order valence-corrected chi connectivity index (χ2v) is 5.72. The molecule has 1 fully saturated rings. The number of rotatable bonds is 3. The van der Waals surface area contributed by atoms with Gasteiger partial charge < -0.3 is 20.4 Å². The van der Waals surface area contributed by atoms with Crippen LogP contribution in [0.3, 0.4) is 0 Å². The van der Waals surface area contributed by atoms with Crippen LogP contribution < -0.4 is 5.32 Å².